The van der Waals surface area contributed by atoms with Crippen LogP contribution in [-0.4, -0.2) is 51.9 Å². The first-order chi connectivity index (χ1) is 11.1. The van der Waals surface area contributed by atoms with Gasteiger partial charge in [-0.1, -0.05) is 0 Å². The van der Waals surface area contributed by atoms with Crippen LogP contribution >= 0.6 is 11.8 Å². The van der Waals surface area contributed by atoms with Gasteiger partial charge < -0.3 is 14.1 Å². The van der Waals surface area contributed by atoms with Gasteiger partial charge in [0.15, 0.2) is 10.9 Å². The molecule has 2 rings (SSSR count). The SMILES string of the molecule is CCOC(=O)CCN(C)C(=O)c1coc(Sc2ncccn2)n1. The molecule has 1 amide bonds. The predicted octanol–water partition coefficient (Wildman–Crippen LogP) is 1.64. The second-order valence-electron chi connectivity index (χ2n) is 4.41. The Morgan fingerprint density at radius 3 is 2.78 bits per heavy atom. The monoisotopic (exact) mass is 336 g/mol. The minimum Gasteiger partial charge on any atom is -0.466 e. The topological polar surface area (TPSA) is 98.4 Å². The lowest BCUT2D eigenvalue weighted by atomic mass is 10.3. The number of esters is 1. The van der Waals surface area contributed by atoms with Gasteiger partial charge in [0.2, 0.25) is 0 Å². The number of nitrogens with zero attached hydrogens (tertiary/aromatic N) is 4. The standard InChI is InChI=1S/C14H16N4O4S/c1-3-21-11(19)5-8-18(2)12(20)10-9-22-14(17-10)23-13-15-6-4-7-16-13/h4,6-7,9H,3,5,8H2,1-2H3. The van der Waals surface area contributed by atoms with Crippen LogP contribution in [0.25, 0.3) is 0 Å². The number of rotatable bonds is 7. The van der Waals surface area contributed by atoms with Crippen LogP contribution in [0.4, 0.5) is 0 Å². The molecule has 2 aromatic heterocycles. The van der Waals surface area contributed by atoms with E-state index in [1.807, 2.05) is 0 Å². The fraction of sp³-hybridized carbons (Fsp3) is 0.357. The summed E-state index contributed by atoms with van der Waals surface area (Å²) in [7, 11) is 1.59. The van der Waals surface area contributed by atoms with Crippen molar-refractivity contribution in [2.45, 2.75) is 23.7 Å². The van der Waals surface area contributed by atoms with Gasteiger partial charge in [0, 0.05) is 37.7 Å². The van der Waals surface area contributed by atoms with Gasteiger partial charge in [-0.25, -0.2) is 9.97 Å². The lowest BCUT2D eigenvalue weighted by Crippen LogP contribution is -2.29. The van der Waals surface area contributed by atoms with Gasteiger partial charge in [0.1, 0.15) is 6.26 Å². The third-order valence-electron chi connectivity index (χ3n) is 2.73. The lowest BCUT2D eigenvalue weighted by molar-refractivity contribution is -0.143. The summed E-state index contributed by atoms with van der Waals surface area (Å²) >= 11 is 1.12. The van der Waals surface area contributed by atoms with E-state index in [9.17, 15) is 9.59 Å². The summed E-state index contributed by atoms with van der Waals surface area (Å²) in [5, 5.41) is 0.752. The number of amides is 1. The zero-order valence-corrected chi connectivity index (χ0v) is 13.6. The summed E-state index contributed by atoms with van der Waals surface area (Å²) in [6, 6.07) is 1.70. The van der Waals surface area contributed by atoms with E-state index in [4.69, 9.17) is 9.15 Å². The van der Waals surface area contributed by atoms with Crippen molar-refractivity contribution in [3.05, 3.63) is 30.4 Å². The van der Waals surface area contributed by atoms with Crippen LogP contribution in [0.2, 0.25) is 0 Å². The quantitative estimate of drug-likeness (QED) is 0.556. The number of hydrogen-bond acceptors (Lipinski definition) is 8. The van der Waals surface area contributed by atoms with E-state index in [-0.39, 0.29) is 35.8 Å². The Labute approximate surface area is 137 Å². The minimum atomic E-state index is -0.343. The normalized spacial score (nSPS) is 10.3. The molecule has 0 aliphatic rings. The van der Waals surface area contributed by atoms with E-state index in [2.05, 4.69) is 15.0 Å². The van der Waals surface area contributed by atoms with E-state index in [1.165, 1.54) is 11.2 Å². The van der Waals surface area contributed by atoms with Gasteiger partial charge in [-0.15, -0.1) is 0 Å². The van der Waals surface area contributed by atoms with Gasteiger partial charge in [-0.2, -0.15) is 4.98 Å². The molecule has 0 bridgehead atoms. The predicted molar refractivity (Wildman–Crippen MR) is 80.9 cm³/mol. The van der Waals surface area contributed by atoms with E-state index in [1.54, 1.807) is 32.4 Å². The van der Waals surface area contributed by atoms with Crippen molar-refractivity contribution >= 4 is 23.6 Å². The van der Waals surface area contributed by atoms with Crippen LogP contribution in [0.1, 0.15) is 23.8 Å². The Balaban J connectivity index is 1.91. The minimum absolute atomic E-state index is 0.132. The van der Waals surface area contributed by atoms with Crippen molar-refractivity contribution in [3.8, 4) is 0 Å². The summed E-state index contributed by atoms with van der Waals surface area (Å²) in [5.41, 5.74) is 0.162. The fourth-order valence-electron chi connectivity index (χ4n) is 1.61. The maximum Gasteiger partial charge on any atom is 0.307 e. The van der Waals surface area contributed by atoms with Crippen LogP contribution in [0, 0.1) is 0 Å². The Hall–Kier alpha value is -2.42. The largest absolute Gasteiger partial charge is 0.466 e. The highest BCUT2D eigenvalue weighted by molar-refractivity contribution is 7.98. The molecule has 0 saturated heterocycles. The van der Waals surface area contributed by atoms with Crippen LogP contribution < -0.4 is 0 Å². The number of carbonyl (C=O) groups is 2. The van der Waals surface area contributed by atoms with Gasteiger partial charge >= 0.3 is 5.97 Å². The third-order valence-corrected chi connectivity index (χ3v) is 3.48. The van der Waals surface area contributed by atoms with E-state index < -0.39 is 0 Å². The molecule has 0 atom stereocenters. The zero-order chi connectivity index (χ0) is 16.7. The molecule has 2 aromatic rings. The molecule has 0 fully saturated rings. The molecule has 0 aliphatic heterocycles. The molecular weight excluding hydrogens is 320 g/mol. The van der Waals surface area contributed by atoms with E-state index >= 15 is 0 Å². The first-order valence-electron chi connectivity index (χ1n) is 6.91. The maximum atomic E-state index is 12.2. The number of hydrogen-bond donors (Lipinski definition) is 0. The van der Waals surface area contributed by atoms with E-state index in [0.29, 0.717) is 11.8 Å². The molecule has 9 heteroatoms. The third kappa shape index (κ3) is 5.06. The molecule has 0 aromatic carbocycles. The number of oxazole rings is 1. The molecule has 0 N–H and O–H groups in total. The zero-order valence-electron chi connectivity index (χ0n) is 12.8. The Kier molecular flexibility index (Phi) is 6.10. The second kappa shape index (κ2) is 8.28. The van der Waals surface area contributed by atoms with Crippen molar-refractivity contribution in [1.29, 1.82) is 0 Å². The highest BCUT2D eigenvalue weighted by Crippen LogP contribution is 2.23. The number of aromatic nitrogens is 3. The summed E-state index contributed by atoms with van der Waals surface area (Å²) < 4.78 is 10.1. The molecule has 122 valence electrons. The summed E-state index contributed by atoms with van der Waals surface area (Å²) in [4.78, 5) is 37.1. The Morgan fingerprint density at radius 2 is 2.09 bits per heavy atom. The molecule has 0 radical (unpaired) electrons. The van der Waals surface area contributed by atoms with E-state index in [0.717, 1.165) is 11.8 Å². The summed E-state index contributed by atoms with van der Waals surface area (Å²) in [5.74, 6) is -0.677. The molecule has 0 unspecified atom stereocenters. The van der Waals surface area contributed by atoms with Crippen molar-refractivity contribution in [2.24, 2.45) is 0 Å². The van der Waals surface area contributed by atoms with Gasteiger partial charge in [0.25, 0.3) is 11.1 Å². The van der Waals surface area contributed by atoms with Crippen molar-refractivity contribution < 1.29 is 18.7 Å². The molecule has 23 heavy (non-hydrogen) atoms. The lowest BCUT2D eigenvalue weighted by Gasteiger charge is -2.14. The first kappa shape index (κ1) is 16.9. The molecule has 0 aliphatic carbocycles. The number of carbonyl (C=O) groups excluding carboxylic acids is 2. The van der Waals surface area contributed by atoms with Crippen LogP contribution in [0.5, 0.6) is 0 Å². The summed E-state index contributed by atoms with van der Waals surface area (Å²) in [6.45, 7) is 2.30. The Morgan fingerprint density at radius 1 is 1.35 bits per heavy atom. The molecule has 8 nitrogen and oxygen atoms in total. The highest BCUT2D eigenvalue weighted by Gasteiger charge is 2.18. The van der Waals surface area contributed by atoms with Crippen molar-refractivity contribution in [3.63, 3.8) is 0 Å². The van der Waals surface area contributed by atoms with Crippen molar-refractivity contribution in [1.82, 2.24) is 19.9 Å². The number of ether oxygens (including phenoxy) is 1. The van der Waals surface area contributed by atoms with Gasteiger partial charge in [-0.05, 0) is 13.0 Å². The highest BCUT2D eigenvalue weighted by atomic mass is 32.2. The van der Waals surface area contributed by atoms with Gasteiger partial charge in [-0.3, -0.25) is 9.59 Å². The molecule has 0 saturated carbocycles. The van der Waals surface area contributed by atoms with Gasteiger partial charge in [0.05, 0.1) is 13.0 Å². The van der Waals surface area contributed by atoms with Crippen LogP contribution in [-0.2, 0) is 9.53 Å². The summed E-state index contributed by atoms with van der Waals surface area (Å²) in [6.07, 6.45) is 4.61. The maximum absolute atomic E-state index is 12.2. The van der Waals surface area contributed by atoms with Crippen LogP contribution in [0.3, 0.4) is 0 Å². The van der Waals surface area contributed by atoms with Crippen molar-refractivity contribution in [2.75, 3.05) is 20.2 Å². The van der Waals surface area contributed by atoms with Crippen LogP contribution in [0.15, 0.2) is 39.5 Å². The smallest absolute Gasteiger partial charge is 0.307 e. The molecular formula is C14H16N4O4S. The molecule has 0 spiro atoms. The first-order valence-corrected chi connectivity index (χ1v) is 7.73. The Bertz CT molecular complexity index is 662. The average Bonchev–Trinajstić information content (AvgIpc) is 3.01. The second-order valence-corrected chi connectivity index (χ2v) is 5.33. The average molecular weight is 336 g/mol. The molecule has 2 heterocycles. The fourth-order valence-corrected chi connectivity index (χ4v) is 2.23.